The number of aliphatic hydroxyl groups is 1. The van der Waals surface area contributed by atoms with E-state index >= 15 is 0 Å². The van der Waals surface area contributed by atoms with Gasteiger partial charge in [-0.25, -0.2) is 4.79 Å². The second-order valence-corrected chi connectivity index (χ2v) is 8.44. The number of carbonyl (C=O) groups excluding carboxylic acids is 2. The van der Waals surface area contributed by atoms with Crippen molar-refractivity contribution in [2.45, 2.75) is 58.3 Å². The Morgan fingerprint density at radius 1 is 1.38 bits per heavy atom. The van der Waals surface area contributed by atoms with Crippen molar-refractivity contribution in [3.8, 4) is 11.8 Å². The summed E-state index contributed by atoms with van der Waals surface area (Å²) < 4.78 is 11.2. The zero-order valence-corrected chi connectivity index (χ0v) is 17.1. The minimum absolute atomic E-state index is 0.0435. The third-order valence-electron chi connectivity index (χ3n) is 5.86. The van der Waals surface area contributed by atoms with Gasteiger partial charge in [0.25, 0.3) is 0 Å². The van der Waals surface area contributed by atoms with E-state index in [-0.39, 0.29) is 29.9 Å². The Bertz CT molecular complexity index is 830. The number of esters is 2. The highest BCUT2D eigenvalue weighted by Crippen LogP contribution is 2.44. The second-order valence-electron chi connectivity index (χ2n) is 8.44. The molecule has 0 aromatic heterocycles. The van der Waals surface area contributed by atoms with Crippen molar-refractivity contribution in [3.05, 3.63) is 48.0 Å². The van der Waals surface area contributed by atoms with E-state index in [0.29, 0.717) is 24.8 Å². The van der Waals surface area contributed by atoms with Gasteiger partial charge in [0.15, 0.2) is 0 Å². The number of aliphatic hydroxyl groups excluding tert-OH is 1. The third-order valence-corrected chi connectivity index (χ3v) is 5.86. The normalized spacial score (nSPS) is 27.1. The van der Waals surface area contributed by atoms with Gasteiger partial charge in [0.05, 0.1) is 18.1 Å². The van der Waals surface area contributed by atoms with E-state index in [0.717, 1.165) is 0 Å². The lowest BCUT2D eigenvalue weighted by molar-refractivity contribution is -0.141. The van der Waals surface area contributed by atoms with E-state index in [1.165, 1.54) is 0 Å². The lowest BCUT2D eigenvalue weighted by Gasteiger charge is -2.27. The standard InChI is InChI=1S/C24H28O5/c1-4-5-13-24(2,3)21(25)12-11-17-18-14-22(26)28-20(18)15-19(17)29-23(27)16-9-7-6-8-10-16/h6-12,17-21,25H,13-15H2,1-3H3/b12-11+/t17-,18-,19-,20+,21?/m1/s1. The van der Waals surface area contributed by atoms with Crippen LogP contribution in [-0.2, 0) is 14.3 Å². The fraction of sp³-hybridized carbons (Fsp3) is 0.500. The molecule has 0 bridgehead atoms. The maximum Gasteiger partial charge on any atom is 0.338 e. The molecule has 1 unspecified atom stereocenters. The van der Waals surface area contributed by atoms with Gasteiger partial charge in [0.2, 0.25) is 0 Å². The average molecular weight is 396 g/mol. The molecular weight excluding hydrogens is 368 g/mol. The zero-order valence-electron chi connectivity index (χ0n) is 17.1. The third kappa shape index (κ3) is 4.89. The van der Waals surface area contributed by atoms with Crippen LogP contribution in [0, 0.1) is 29.1 Å². The molecule has 1 saturated heterocycles. The highest BCUT2D eigenvalue weighted by atomic mass is 16.6. The molecule has 3 rings (SSSR count). The first-order valence-electron chi connectivity index (χ1n) is 10.0. The van der Waals surface area contributed by atoms with Crippen LogP contribution in [0.4, 0.5) is 0 Å². The summed E-state index contributed by atoms with van der Waals surface area (Å²) in [4.78, 5) is 24.3. The van der Waals surface area contributed by atoms with E-state index in [2.05, 4.69) is 11.8 Å². The summed E-state index contributed by atoms with van der Waals surface area (Å²) in [7, 11) is 0. The largest absolute Gasteiger partial charge is 0.462 e. The Morgan fingerprint density at radius 2 is 2.10 bits per heavy atom. The van der Waals surface area contributed by atoms with Crippen molar-refractivity contribution < 1.29 is 24.2 Å². The molecule has 1 N–H and O–H groups in total. The molecule has 1 saturated carbocycles. The van der Waals surface area contributed by atoms with Crippen LogP contribution in [0.1, 0.15) is 50.4 Å². The SMILES string of the molecule is CC#CCC(C)(C)C(O)/C=C/[C@@H]1[C@H]2CC(=O)O[C@H]2C[C@H]1OC(=O)c1ccccc1. The summed E-state index contributed by atoms with van der Waals surface area (Å²) in [6.45, 7) is 5.69. The zero-order chi connectivity index (χ0) is 21.0. The molecule has 0 spiro atoms. The smallest absolute Gasteiger partial charge is 0.338 e. The van der Waals surface area contributed by atoms with Crippen LogP contribution < -0.4 is 0 Å². The van der Waals surface area contributed by atoms with Crippen molar-refractivity contribution in [1.29, 1.82) is 0 Å². The minimum atomic E-state index is -0.703. The lowest BCUT2D eigenvalue weighted by atomic mass is 9.82. The Labute approximate surface area is 172 Å². The summed E-state index contributed by atoms with van der Waals surface area (Å²) in [5.74, 6) is 5.04. The van der Waals surface area contributed by atoms with E-state index < -0.39 is 17.6 Å². The molecule has 1 aromatic rings. The molecule has 1 aromatic carbocycles. The maximum atomic E-state index is 12.5. The topological polar surface area (TPSA) is 72.8 Å². The highest BCUT2D eigenvalue weighted by molar-refractivity contribution is 5.89. The van der Waals surface area contributed by atoms with Gasteiger partial charge in [0, 0.05) is 30.1 Å². The molecule has 5 heteroatoms. The van der Waals surface area contributed by atoms with Crippen LogP contribution in [0.2, 0.25) is 0 Å². The summed E-state index contributed by atoms with van der Waals surface area (Å²) in [5.41, 5.74) is 0.0824. The van der Waals surface area contributed by atoms with E-state index in [9.17, 15) is 14.7 Å². The number of hydrogen-bond donors (Lipinski definition) is 1. The number of rotatable bonds is 6. The summed E-state index contributed by atoms with van der Waals surface area (Å²) >= 11 is 0. The van der Waals surface area contributed by atoms with Gasteiger partial charge in [-0.3, -0.25) is 4.79 Å². The molecule has 2 aliphatic rings. The van der Waals surface area contributed by atoms with E-state index in [1.54, 1.807) is 37.3 Å². The minimum Gasteiger partial charge on any atom is -0.462 e. The lowest BCUT2D eigenvalue weighted by Crippen LogP contribution is -2.28. The first-order valence-corrected chi connectivity index (χ1v) is 10.0. The Hall–Kier alpha value is -2.58. The molecule has 0 amide bonds. The molecule has 5 atom stereocenters. The fourth-order valence-corrected chi connectivity index (χ4v) is 3.98. The Balaban J connectivity index is 1.75. The summed E-state index contributed by atoms with van der Waals surface area (Å²) in [5, 5.41) is 10.6. The van der Waals surface area contributed by atoms with Crippen LogP contribution in [0.25, 0.3) is 0 Å². The first kappa shape index (κ1) is 21.1. The summed E-state index contributed by atoms with van der Waals surface area (Å²) in [6.07, 6.45) is 3.64. The first-order chi connectivity index (χ1) is 13.8. The number of fused-ring (bicyclic) bond motifs is 1. The Morgan fingerprint density at radius 3 is 2.79 bits per heavy atom. The highest BCUT2D eigenvalue weighted by Gasteiger charge is 2.50. The molecule has 0 radical (unpaired) electrons. The molecule has 5 nitrogen and oxygen atoms in total. The van der Waals surface area contributed by atoms with E-state index in [4.69, 9.17) is 9.47 Å². The maximum absolute atomic E-state index is 12.5. The van der Waals surface area contributed by atoms with Crippen molar-refractivity contribution in [2.24, 2.45) is 17.3 Å². The quantitative estimate of drug-likeness (QED) is 0.452. The van der Waals surface area contributed by atoms with Crippen molar-refractivity contribution in [2.75, 3.05) is 0 Å². The molecule has 2 fully saturated rings. The fourth-order valence-electron chi connectivity index (χ4n) is 3.98. The monoisotopic (exact) mass is 396 g/mol. The van der Waals surface area contributed by atoms with Crippen molar-refractivity contribution >= 4 is 11.9 Å². The predicted molar refractivity (Wildman–Crippen MR) is 109 cm³/mol. The van der Waals surface area contributed by atoms with Gasteiger partial charge in [-0.05, 0) is 19.1 Å². The number of carbonyl (C=O) groups is 2. The van der Waals surface area contributed by atoms with Crippen LogP contribution in [0.15, 0.2) is 42.5 Å². The summed E-state index contributed by atoms with van der Waals surface area (Å²) in [6, 6.07) is 8.84. The van der Waals surface area contributed by atoms with Crippen LogP contribution in [0.3, 0.4) is 0 Å². The predicted octanol–water partition coefficient (Wildman–Crippen LogP) is 3.52. The van der Waals surface area contributed by atoms with Gasteiger partial charge in [-0.2, -0.15) is 0 Å². The van der Waals surface area contributed by atoms with Crippen LogP contribution >= 0.6 is 0 Å². The van der Waals surface area contributed by atoms with Gasteiger partial charge in [0.1, 0.15) is 12.2 Å². The van der Waals surface area contributed by atoms with Gasteiger partial charge < -0.3 is 14.6 Å². The van der Waals surface area contributed by atoms with Crippen LogP contribution in [-0.4, -0.2) is 35.4 Å². The van der Waals surface area contributed by atoms with Crippen molar-refractivity contribution in [3.63, 3.8) is 0 Å². The van der Waals surface area contributed by atoms with Crippen LogP contribution in [0.5, 0.6) is 0 Å². The molecule has 1 heterocycles. The molecule has 1 aliphatic heterocycles. The van der Waals surface area contributed by atoms with Gasteiger partial charge in [-0.15, -0.1) is 11.8 Å². The Kier molecular flexibility index (Phi) is 6.44. The molecule has 29 heavy (non-hydrogen) atoms. The number of benzene rings is 1. The molecule has 154 valence electrons. The van der Waals surface area contributed by atoms with Gasteiger partial charge >= 0.3 is 11.9 Å². The average Bonchev–Trinajstić information content (AvgIpc) is 3.20. The van der Waals surface area contributed by atoms with Gasteiger partial charge in [-0.1, -0.05) is 44.2 Å². The second kappa shape index (κ2) is 8.84. The number of ether oxygens (including phenoxy) is 2. The number of hydrogen-bond acceptors (Lipinski definition) is 5. The van der Waals surface area contributed by atoms with E-state index in [1.807, 2.05) is 26.0 Å². The molecule has 1 aliphatic carbocycles. The molecular formula is C24H28O5. The van der Waals surface area contributed by atoms with Crippen molar-refractivity contribution in [1.82, 2.24) is 0 Å².